The molecule has 0 atom stereocenters. The first kappa shape index (κ1) is 20.9. The molecular weight excluding hydrogens is 400 g/mol. The molecular formula is C23H20N2O2S2. The van der Waals surface area contributed by atoms with E-state index in [1.54, 1.807) is 13.2 Å². The molecule has 0 radical (unpaired) electrons. The fourth-order valence-electron chi connectivity index (χ4n) is 3.07. The molecule has 0 aliphatic heterocycles. The van der Waals surface area contributed by atoms with Crippen LogP contribution in [-0.4, -0.2) is 27.2 Å². The van der Waals surface area contributed by atoms with E-state index < -0.39 is 0 Å². The number of hydrogen-bond donors (Lipinski definition) is 1. The zero-order valence-corrected chi connectivity index (χ0v) is 18.1. The number of nitrogens with zero attached hydrogens (tertiary/aromatic N) is 2. The Labute approximate surface area is 180 Å². The predicted molar refractivity (Wildman–Crippen MR) is 125 cm³/mol. The molecule has 2 heterocycles. The van der Waals surface area contributed by atoms with Crippen LogP contribution in [0, 0.1) is 13.8 Å². The molecule has 0 amide bonds. The third kappa shape index (κ3) is 4.78. The molecule has 2 aromatic carbocycles. The molecule has 0 fully saturated rings. The molecule has 29 heavy (non-hydrogen) atoms. The Morgan fingerprint density at radius 1 is 0.862 bits per heavy atom. The summed E-state index contributed by atoms with van der Waals surface area (Å²) in [5.74, 6) is 0. The lowest BCUT2D eigenvalue weighted by molar-refractivity contribution is 0.109. The quantitative estimate of drug-likeness (QED) is 0.344. The van der Waals surface area contributed by atoms with Gasteiger partial charge in [-0.15, -0.1) is 12.6 Å². The molecule has 0 saturated heterocycles. The number of aromatic nitrogens is 2. The lowest BCUT2D eigenvalue weighted by atomic mass is 10.1. The molecule has 4 rings (SSSR count). The van der Waals surface area contributed by atoms with Gasteiger partial charge in [-0.2, -0.15) is 0 Å². The van der Waals surface area contributed by atoms with E-state index >= 15 is 0 Å². The van der Waals surface area contributed by atoms with Crippen molar-refractivity contribution in [2.75, 3.05) is 7.11 Å². The van der Waals surface area contributed by atoms with Crippen LogP contribution in [0.2, 0.25) is 0 Å². The summed E-state index contributed by atoms with van der Waals surface area (Å²) in [5, 5.41) is 2.19. The molecule has 146 valence electrons. The Hall–Kier alpha value is -2.83. The number of para-hydroxylation sites is 2. The number of carbonyl (C=O) groups is 1. The van der Waals surface area contributed by atoms with Gasteiger partial charge in [-0.25, -0.2) is 0 Å². The first-order chi connectivity index (χ1) is 13.9. The van der Waals surface area contributed by atoms with Crippen molar-refractivity contribution >= 4 is 56.8 Å². The maximum Gasteiger partial charge on any atom is 0.217 e. The topological polar surface area (TPSA) is 52.1 Å². The van der Waals surface area contributed by atoms with Gasteiger partial charge in [-0.05, 0) is 50.3 Å². The van der Waals surface area contributed by atoms with Crippen LogP contribution < -0.4 is 0 Å². The van der Waals surface area contributed by atoms with Crippen molar-refractivity contribution in [2.24, 2.45) is 0 Å². The number of benzene rings is 2. The van der Waals surface area contributed by atoms with Crippen LogP contribution >= 0.6 is 24.8 Å². The molecule has 0 aliphatic rings. The molecule has 0 aliphatic carbocycles. The van der Waals surface area contributed by atoms with E-state index in [0.717, 1.165) is 38.8 Å². The second-order valence-corrected chi connectivity index (χ2v) is 7.23. The number of hydrogen-bond acceptors (Lipinski definition) is 5. The normalized spacial score (nSPS) is 10.3. The Bertz CT molecular complexity index is 1220. The van der Waals surface area contributed by atoms with Crippen LogP contribution in [0.4, 0.5) is 0 Å². The maximum atomic E-state index is 11.2. The molecule has 4 nitrogen and oxygen atoms in total. The number of rotatable bonds is 2. The van der Waals surface area contributed by atoms with E-state index in [9.17, 15) is 4.79 Å². The van der Waals surface area contributed by atoms with Crippen molar-refractivity contribution < 1.29 is 9.53 Å². The highest BCUT2D eigenvalue weighted by atomic mass is 32.1. The minimum absolute atomic E-state index is 0.216. The van der Waals surface area contributed by atoms with Gasteiger partial charge in [0.25, 0.3) is 0 Å². The van der Waals surface area contributed by atoms with E-state index in [2.05, 4.69) is 22.6 Å². The van der Waals surface area contributed by atoms with Gasteiger partial charge in [-0.1, -0.05) is 36.4 Å². The van der Waals surface area contributed by atoms with Gasteiger partial charge >= 0.3 is 0 Å². The number of pyridine rings is 2. The zero-order valence-electron chi connectivity index (χ0n) is 16.3. The Balaban J connectivity index is 0.000000166. The van der Waals surface area contributed by atoms with Crippen molar-refractivity contribution in [2.45, 2.75) is 13.8 Å². The number of thiocarbonyl (C=S) groups is 1. The number of thiol groups is 1. The lowest BCUT2D eigenvalue weighted by Gasteiger charge is -2.07. The molecule has 6 heteroatoms. The van der Waals surface area contributed by atoms with Gasteiger partial charge in [-0.3, -0.25) is 14.8 Å². The van der Waals surface area contributed by atoms with Crippen LogP contribution in [0.5, 0.6) is 0 Å². The summed E-state index contributed by atoms with van der Waals surface area (Å²) in [5.41, 5.74) is 5.13. The van der Waals surface area contributed by atoms with Crippen LogP contribution in [0.15, 0.2) is 60.7 Å². The monoisotopic (exact) mass is 420 g/mol. The van der Waals surface area contributed by atoms with Crippen molar-refractivity contribution in [1.29, 1.82) is 0 Å². The summed E-state index contributed by atoms with van der Waals surface area (Å²) in [7, 11) is 1.59. The predicted octanol–water partition coefficient (Wildman–Crippen LogP) is 5.48. The highest BCUT2D eigenvalue weighted by molar-refractivity contribution is 7.97. The summed E-state index contributed by atoms with van der Waals surface area (Å²) < 4.78 is 5.10. The second kappa shape index (κ2) is 9.11. The van der Waals surface area contributed by atoms with Crippen molar-refractivity contribution in [3.05, 3.63) is 83.2 Å². The first-order valence-electron chi connectivity index (χ1n) is 8.95. The van der Waals surface area contributed by atoms with Gasteiger partial charge in [0.05, 0.1) is 18.1 Å². The summed E-state index contributed by atoms with van der Waals surface area (Å²) in [6.07, 6.45) is 0. The summed E-state index contributed by atoms with van der Waals surface area (Å²) in [6.45, 7) is 3.82. The van der Waals surface area contributed by atoms with Crippen LogP contribution in [0.3, 0.4) is 0 Å². The highest BCUT2D eigenvalue weighted by Gasteiger charge is 2.08. The number of ether oxygens (including phenoxy) is 1. The molecule has 0 N–H and O–H groups in total. The third-order valence-electron chi connectivity index (χ3n) is 4.32. The van der Waals surface area contributed by atoms with Gasteiger partial charge in [0.15, 0.2) is 5.05 Å². The standard InChI is InChI=1S/C12H11NOS.C11H9NOS/c1-8-7-10(12(15)14-2)9-5-3-4-6-11(9)13-8;1-7-6-9(11(13)14)8-4-2-3-5-10(8)12-7/h3-7H,1-2H3;2-6H,1H3,(H,13,14). The second-order valence-electron chi connectivity index (χ2n) is 6.45. The number of carbonyl (C=O) groups excluding carboxylic acids is 1. The minimum atomic E-state index is -0.216. The van der Waals surface area contributed by atoms with E-state index in [0.29, 0.717) is 10.6 Å². The SMILES string of the molecule is COC(=S)c1cc(C)nc2ccccc12.Cc1cc(C(=O)S)c2ccccc2n1. The molecule has 2 aromatic heterocycles. The average molecular weight is 421 g/mol. The van der Waals surface area contributed by atoms with Crippen molar-refractivity contribution in [1.82, 2.24) is 9.97 Å². The summed E-state index contributed by atoms with van der Waals surface area (Å²) >= 11 is 9.00. The zero-order chi connectivity index (χ0) is 21.0. The minimum Gasteiger partial charge on any atom is -0.486 e. The first-order valence-corrected chi connectivity index (χ1v) is 9.80. The highest BCUT2D eigenvalue weighted by Crippen LogP contribution is 2.20. The van der Waals surface area contributed by atoms with E-state index in [-0.39, 0.29) is 5.12 Å². The van der Waals surface area contributed by atoms with Crippen molar-refractivity contribution in [3.8, 4) is 0 Å². The number of aryl methyl sites for hydroxylation is 2. The van der Waals surface area contributed by atoms with Crippen LogP contribution in [-0.2, 0) is 4.74 Å². The molecule has 4 aromatic rings. The van der Waals surface area contributed by atoms with Gasteiger partial charge < -0.3 is 4.74 Å². The number of methoxy groups -OCH3 is 1. The molecule has 0 bridgehead atoms. The third-order valence-corrected chi connectivity index (χ3v) is 4.95. The van der Waals surface area contributed by atoms with E-state index in [1.807, 2.05) is 68.4 Å². The maximum absolute atomic E-state index is 11.2. The van der Waals surface area contributed by atoms with Crippen molar-refractivity contribution in [3.63, 3.8) is 0 Å². The fraction of sp³-hybridized carbons (Fsp3) is 0.130. The number of fused-ring (bicyclic) bond motifs is 2. The summed E-state index contributed by atoms with van der Waals surface area (Å²) in [6, 6.07) is 19.2. The largest absolute Gasteiger partial charge is 0.486 e. The molecule has 0 unspecified atom stereocenters. The van der Waals surface area contributed by atoms with Gasteiger partial charge in [0.1, 0.15) is 0 Å². The van der Waals surface area contributed by atoms with Gasteiger partial charge in [0.2, 0.25) is 5.12 Å². The Morgan fingerprint density at radius 3 is 1.79 bits per heavy atom. The smallest absolute Gasteiger partial charge is 0.217 e. The molecule has 0 spiro atoms. The van der Waals surface area contributed by atoms with Gasteiger partial charge in [0, 0.05) is 33.3 Å². The van der Waals surface area contributed by atoms with E-state index in [4.69, 9.17) is 17.0 Å². The van der Waals surface area contributed by atoms with E-state index in [1.165, 1.54) is 0 Å². The average Bonchev–Trinajstić information content (AvgIpc) is 2.72. The summed E-state index contributed by atoms with van der Waals surface area (Å²) in [4.78, 5) is 20.0. The Morgan fingerprint density at radius 2 is 1.31 bits per heavy atom. The molecule has 0 saturated carbocycles. The van der Waals surface area contributed by atoms with Crippen LogP contribution in [0.1, 0.15) is 27.3 Å². The fourth-order valence-corrected chi connectivity index (χ4v) is 3.43. The lowest BCUT2D eigenvalue weighted by Crippen LogP contribution is -2.02. The Kier molecular flexibility index (Phi) is 6.56. The van der Waals surface area contributed by atoms with Crippen LogP contribution in [0.25, 0.3) is 21.8 Å².